The lowest BCUT2D eigenvalue weighted by Crippen LogP contribution is -2.77. The van der Waals surface area contributed by atoms with Crippen molar-refractivity contribution >= 4 is 0 Å². The highest BCUT2D eigenvalue weighted by atomic mass is 16.3. The Balaban J connectivity index is 1.45. The smallest absolute Gasteiger partial charge is 0.198 e. The van der Waals surface area contributed by atoms with Crippen LogP contribution in [0.25, 0.3) is 0 Å². The first-order chi connectivity index (χ1) is 19.1. The molecule has 216 valence electrons. The van der Waals surface area contributed by atoms with E-state index in [1.807, 2.05) is 18.2 Å². The Morgan fingerprint density at radius 3 is 2.41 bits per heavy atom. The van der Waals surface area contributed by atoms with E-state index in [2.05, 4.69) is 35.3 Å². The second-order valence-electron chi connectivity index (χ2n) is 13.8. The number of allylic oxidation sites excluding steroid dienone is 7. The first-order valence-electron chi connectivity index (χ1n) is 16.4. The number of rotatable bonds is 0. The van der Waals surface area contributed by atoms with Crippen molar-refractivity contribution in [2.75, 3.05) is 26.2 Å². The van der Waals surface area contributed by atoms with Crippen LogP contribution in [0.3, 0.4) is 0 Å². The molecule has 7 rings (SSSR count). The van der Waals surface area contributed by atoms with Gasteiger partial charge in [-0.15, -0.1) is 0 Å². The summed E-state index contributed by atoms with van der Waals surface area (Å²) in [6.07, 6.45) is 30.6. The van der Waals surface area contributed by atoms with Gasteiger partial charge in [-0.05, 0) is 77.3 Å². The number of quaternary nitrogens is 1. The molecule has 1 saturated carbocycles. The summed E-state index contributed by atoms with van der Waals surface area (Å²) in [5, 5.41) is 36.7. The number of piperidine rings is 2. The molecule has 6 aliphatic heterocycles. The number of hydrogen-bond acceptors (Lipinski definition) is 4. The normalized spacial score (nSPS) is 50.6. The quantitative estimate of drug-likeness (QED) is 0.292. The van der Waals surface area contributed by atoms with Crippen LogP contribution in [0.2, 0.25) is 0 Å². The van der Waals surface area contributed by atoms with E-state index in [-0.39, 0.29) is 11.5 Å². The van der Waals surface area contributed by atoms with Crippen LogP contribution in [0.1, 0.15) is 89.9 Å². The maximum absolute atomic E-state index is 12.7. The van der Waals surface area contributed by atoms with Gasteiger partial charge in [-0.3, -0.25) is 9.38 Å². The molecule has 0 aromatic rings. The predicted molar refractivity (Wildman–Crippen MR) is 157 cm³/mol. The van der Waals surface area contributed by atoms with Gasteiger partial charge in [0.25, 0.3) is 0 Å². The molecular formula is C34H53N2O3+. The Labute approximate surface area is 236 Å². The number of aliphatic hydroxyl groups excluding tert-OH is 3. The van der Waals surface area contributed by atoms with Gasteiger partial charge in [-0.25, -0.2) is 0 Å². The molecule has 39 heavy (non-hydrogen) atoms. The molecule has 1 aliphatic carbocycles. The first-order valence-corrected chi connectivity index (χ1v) is 16.4. The molecule has 9 atom stereocenters. The van der Waals surface area contributed by atoms with E-state index in [0.717, 1.165) is 84.0 Å². The number of nitrogens with zero attached hydrogens (tertiary/aromatic N) is 2. The van der Waals surface area contributed by atoms with Crippen LogP contribution in [0.4, 0.5) is 0 Å². The van der Waals surface area contributed by atoms with E-state index in [0.29, 0.717) is 16.3 Å². The van der Waals surface area contributed by atoms with Crippen molar-refractivity contribution in [1.82, 2.24) is 4.90 Å². The molecule has 7 aliphatic rings. The summed E-state index contributed by atoms with van der Waals surface area (Å²) in [6, 6.07) is 0.134. The molecule has 6 bridgehead atoms. The maximum atomic E-state index is 12.7. The van der Waals surface area contributed by atoms with Gasteiger partial charge in [0.1, 0.15) is 12.2 Å². The Kier molecular flexibility index (Phi) is 8.27. The molecule has 0 aromatic heterocycles. The first kappa shape index (κ1) is 27.9. The zero-order valence-electron chi connectivity index (χ0n) is 24.0. The van der Waals surface area contributed by atoms with E-state index in [1.54, 1.807) is 0 Å². The molecule has 0 amide bonds. The largest absolute Gasteiger partial charge is 0.386 e. The molecule has 3 N–H and O–H groups in total. The van der Waals surface area contributed by atoms with Gasteiger partial charge < -0.3 is 15.3 Å². The molecule has 3 spiro atoms. The lowest BCUT2D eigenvalue weighted by Gasteiger charge is -2.58. The van der Waals surface area contributed by atoms with Crippen LogP contribution in [-0.2, 0) is 0 Å². The highest BCUT2D eigenvalue weighted by Gasteiger charge is 2.89. The second-order valence-corrected chi connectivity index (χ2v) is 13.8. The Bertz CT molecular complexity index is 975. The van der Waals surface area contributed by atoms with Crippen LogP contribution in [0.5, 0.6) is 0 Å². The zero-order chi connectivity index (χ0) is 26.9. The van der Waals surface area contributed by atoms with Crippen molar-refractivity contribution in [2.45, 2.75) is 120 Å². The van der Waals surface area contributed by atoms with Crippen molar-refractivity contribution in [3.63, 3.8) is 0 Å². The second kappa shape index (κ2) is 11.6. The zero-order valence-corrected chi connectivity index (χ0v) is 24.0. The predicted octanol–water partition coefficient (Wildman–Crippen LogP) is 5.24. The molecule has 6 heterocycles. The van der Waals surface area contributed by atoms with Crippen molar-refractivity contribution < 1.29 is 19.8 Å². The van der Waals surface area contributed by atoms with E-state index in [4.69, 9.17) is 0 Å². The summed E-state index contributed by atoms with van der Waals surface area (Å²) in [5.41, 5.74) is -0.692. The van der Waals surface area contributed by atoms with Crippen LogP contribution in [-0.4, -0.2) is 80.9 Å². The van der Waals surface area contributed by atoms with E-state index in [9.17, 15) is 15.3 Å². The number of aliphatic hydroxyl groups is 3. The van der Waals surface area contributed by atoms with Crippen LogP contribution < -0.4 is 0 Å². The summed E-state index contributed by atoms with van der Waals surface area (Å²) in [6.45, 7) is 3.98. The van der Waals surface area contributed by atoms with Gasteiger partial charge >= 0.3 is 0 Å². The summed E-state index contributed by atoms with van der Waals surface area (Å²) >= 11 is 0. The topological polar surface area (TPSA) is 63.9 Å². The standard InChI is InChI=1S/C34H53N2O3/c37-29-19-15-11-7-3-6-10-14-18-24-36-26-27-25-33(32(36)39)21-16-12-8-4-1-2-5-9-13-17-22-35-23-20-28(27)34(36,30(29)38)31(33)35/h2,5-7,10-11,15,19,27-32,37-39H,1,3-4,8-9,12-14,16-18,20-26H2/q+1/b5-2-,10-6-,11-7-,19-15+/t27?,28?,29-,30+,31?,32?,33?,34?,36?/m0/s1. The minimum absolute atomic E-state index is 0.134. The Morgan fingerprint density at radius 1 is 0.769 bits per heavy atom. The van der Waals surface area contributed by atoms with Crippen LogP contribution >= 0.6 is 0 Å². The SMILES string of the molecule is OC1C23CCCCCC/C=C\CCCCN4CCC5C(C2)C[N+]12CCC/C=C\C/C=C\C=C\[C@H](O)[C@@H](O)C52C43. The fourth-order valence-corrected chi connectivity index (χ4v) is 10.8. The van der Waals surface area contributed by atoms with Crippen molar-refractivity contribution in [2.24, 2.45) is 17.3 Å². The average Bonchev–Trinajstić information content (AvgIpc) is 3.22. The van der Waals surface area contributed by atoms with E-state index in [1.165, 1.54) is 32.1 Å². The molecule has 0 aromatic carbocycles. The number of hydrogen-bond donors (Lipinski definition) is 3. The maximum Gasteiger partial charge on any atom is 0.198 e. The van der Waals surface area contributed by atoms with Crippen molar-refractivity contribution in [3.05, 3.63) is 48.6 Å². The summed E-state index contributed by atoms with van der Waals surface area (Å²) < 4.78 is 0.627. The van der Waals surface area contributed by atoms with Gasteiger partial charge in [0.15, 0.2) is 11.8 Å². The van der Waals surface area contributed by atoms with Crippen LogP contribution in [0, 0.1) is 17.3 Å². The summed E-state index contributed by atoms with van der Waals surface area (Å²) in [7, 11) is 0. The van der Waals surface area contributed by atoms with E-state index < -0.39 is 24.0 Å². The Hall–Kier alpha value is -1.24. The lowest BCUT2D eigenvalue weighted by molar-refractivity contribution is -1.00. The van der Waals surface area contributed by atoms with Gasteiger partial charge in [0, 0.05) is 18.3 Å². The van der Waals surface area contributed by atoms with Gasteiger partial charge in [0.2, 0.25) is 0 Å². The highest BCUT2D eigenvalue weighted by molar-refractivity contribution is 5.28. The molecule has 5 heteroatoms. The Morgan fingerprint density at radius 2 is 1.54 bits per heavy atom. The minimum atomic E-state index is -0.922. The molecule has 5 nitrogen and oxygen atoms in total. The van der Waals surface area contributed by atoms with Crippen molar-refractivity contribution in [1.29, 1.82) is 0 Å². The summed E-state index contributed by atoms with van der Waals surface area (Å²) in [4.78, 5) is 2.72. The van der Waals surface area contributed by atoms with E-state index >= 15 is 0 Å². The highest BCUT2D eigenvalue weighted by Crippen LogP contribution is 2.73. The molecule has 5 fully saturated rings. The molecule has 7 unspecified atom stereocenters. The van der Waals surface area contributed by atoms with Gasteiger partial charge in [-0.1, -0.05) is 67.9 Å². The molecular weight excluding hydrogens is 484 g/mol. The monoisotopic (exact) mass is 537 g/mol. The third kappa shape index (κ3) is 4.37. The lowest BCUT2D eigenvalue weighted by atomic mass is 9.52. The fraction of sp³-hybridized carbons (Fsp3) is 0.765. The average molecular weight is 538 g/mol. The third-order valence-electron chi connectivity index (χ3n) is 11.9. The molecule has 0 radical (unpaired) electrons. The summed E-state index contributed by atoms with van der Waals surface area (Å²) in [5.74, 6) is 0.904. The van der Waals surface area contributed by atoms with Crippen LogP contribution in [0.15, 0.2) is 48.6 Å². The van der Waals surface area contributed by atoms with Gasteiger partial charge in [0.05, 0.1) is 24.5 Å². The fourth-order valence-electron chi connectivity index (χ4n) is 10.8. The third-order valence-corrected chi connectivity index (χ3v) is 11.9. The van der Waals surface area contributed by atoms with Crippen molar-refractivity contribution in [3.8, 4) is 0 Å². The molecule has 4 saturated heterocycles. The minimum Gasteiger partial charge on any atom is -0.386 e. The van der Waals surface area contributed by atoms with Gasteiger partial charge in [-0.2, -0.15) is 0 Å².